The Kier molecular flexibility index (Phi) is 5.12. The summed E-state index contributed by atoms with van der Waals surface area (Å²) in [6, 6.07) is 0. The molecule has 2 fully saturated rings. The molecule has 0 spiro atoms. The number of rotatable bonds is 7. The van der Waals surface area contributed by atoms with Crippen LogP contribution >= 0.6 is 0 Å². The Morgan fingerprint density at radius 2 is 1.62 bits per heavy atom. The fourth-order valence-corrected chi connectivity index (χ4v) is 2.25. The fourth-order valence-electron chi connectivity index (χ4n) is 2.25. The highest BCUT2D eigenvalue weighted by molar-refractivity contribution is 5.77. The van der Waals surface area contributed by atoms with E-state index in [1.54, 1.807) is 0 Å². The predicted octanol–water partition coefficient (Wildman–Crippen LogP) is 2.55. The van der Waals surface area contributed by atoms with Crippen LogP contribution < -0.4 is 5.32 Å². The predicted molar refractivity (Wildman–Crippen MR) is 80.9 cm³/mol. The first-order valence-corrected chi connectivity index (χ1v) is 8.08. The van der Waals surface area contributed by atoms with E-state index in [1.807, 2.05) is 25.7 Å². The van der Waals surface area contributed by atoms with Gasteiger partial charge in [0.2, 0.25) is 5.91 Å². The number of hydrogen-bond donors (Lipinski definition) is 1. The maximum Gasteiger partial charge on any atom is 0.407 e. The summed E-state index contributed by atoms with van der Waals surface area (Å²) in [5, 5.41) is 2.65. The van der Waals surface area contributed by atoms with Gasteiger partial charge >= 0.3 is 6.09 Å². The van der Waals surface area contributed by atoms with E-state index < -0.39 is 11.7 Å². The second-order valence-electron chi connectivity index (χ2n) is 7.36. The van der Waals surface area contributed by atoms with Gasteiger partial charge in [-0.1, -0.05) is 0 Å². The summed E-state index contributed by atoms with van der Waals surface area (Å²) in [6.07, 6.45) is 4.93. The second kappa shape index (κ2) is 6.67. The quantitative estimate of drug-likeness (QED) is 0.785. The number of carbonyl (C=O) groups is 2. The molecule has 0 bridgehead atoms. The van der Waals surface area contributed by atoms with Crippen LogP contribution in [0.4, 0.5) is 4.79 Å². The first kappa shape index (κ1) is 16.1. The van der Waals surface area contributed by atoms with Crippen LogP contribution in [0, 0.1) is 11.8 Å². The van der Waals surface area contributed by atoms with E-state index in [0.717, 1.165) is 13.1 Å². The average molecular weight is 296 g/mol. The number of ether oxygens (including phenoxy) is 1. The number of carbonyl (C=O) groups excluding carboxylic acids is 2. The van der Waals surface area contributed by atoms with E-state index in [1.165, 1.54) is 25.7 Å². The van der Waals surface area contributed by atoms with Crippen molar-refractivity contribution >= 4 is 12.0 Å². The maximum absolute atomic E-state index is 12.3. The fraction of sp³-hybridized carbons (Fsp3) is 0.875. The SMILES string of the molecule is CC(C)(C)OC(=O)NCCC(=O)N(CC1CC1)CC1CC1. The average Bonchev–Trinajstić information content (AvgIpc) is 3.20. The highest BCUT2D eigenvalue weighted by Crippen LogP contribution is 2.33. The van der Waals surface area contributed by atoms with Gasteiger partial charge in [0.05, 0.1) is 0 Å². The molecule has 0 aromatic rings. The van der Waals surface area contributed by atoms with Crippen LogP contribution in [-0.2, 0) is 9.53 Å². The van der Waals surface area contributed by atoms with E-state index in [2.05, 4.69) is 5.32 Å². The van der Waals surface area contributed by atoms with Crippen molar-refractivity contribution in [3.05, 3.63) is 0 Å². The molecule has 5 heteroatoms. The zero-order valence-electron chi connectivity index (χ0n) is 13.5. The molecule has 0 aromatic heterocycles. The topological polar surface area (TPSA) is 58.6 Å². The summed E-state index contributed by atoms with van der Waals surface area (Å²) in [4.78, 5) is 25.8. The summed E-state index contributed by atoms with van der Waals surface area (Å²) >= 11 is 0. The molecule has 21 heavy (non-hydrogen) atoms. The minimum absolute atomic E-state index is 0.157. The molecule has 0 saturated heterocycles. The normalized spacial score (nSPS) is 18.2. The van der Waals surface area contributed by atoms with Crippen LogP contribution in [0.15, 0.2) is 0 Å². The van der Waals surface area contributed by atoms with Crippen LogP contribution in [-0.4, -0.2) is 42.1 Å². The van der Waals surface area contributed by atoms with Crippen molar-refractivity contribution in [1.29, 1.82) is 0 Å². The molecule has 0 unspecified atom stereocenters. The number of hydrogen-bond acceptors (Lipinski definition) is 3. The third-order valence-corrected chi connectivity index (χ3v) is 3.71. The Hall–Kier alpha value is -1.26. The Bertz CT molecular complexity index is 367. The smallest absolute Gasteiger partial charge is 0.407 e. The van der Waals surface area contributed by atoms with Crippen LogP contribution in [0.5, 0.6) is 0 Å². The molecule has 2 aliphatic rings. The number of nitrogens with one attached hydrogen (secondary N) is 1. The molecule has 2 aliphatic carbocycles. The van der Waals surface area contributed by atoms with Gasteiger partial charge in [-0.3, -0.25) is 4.79 Å². The molecule has 120 valence electrons. The molecular weight excluding hydrogens is 268 g/mol. The van der Waals surface area contributed by atoms with Crippen LogP contribution in [0.1, 0.15) is 52.9 Å². The van der Waals surface area contributed by atoms with Crippen molar-refractivity contribution in [1.82, 2.24) is 10.2 Å². The summed E-state index contributed by atoms with van der Waals surface area (Å²) in [6.45, 7) is 7.63. The monoisotopic (exact) mass is 296 g/mol. The van der Waals surface area contributed by atoms with E-state index in [4.69, 9.17) is 4.74 Å². The largest absolute Gasteiger partial charge is 0.444 e. The van der Waals surface area contributed by atoms with Crippen molar-refractivity contribution in [3.63, 3.8) is 0 Å². The molecule has 2 saturated carbocycles. The first-order chi connectivity index (χ1) is 9.83. The van der Waals surface area contributed by atoms with Gasteiger partial charge in [0.15, 0.2) is 0 Å². The van der Waals surface area contributed by atoms with Gasteiger partial charge in [0, 0.05) is 26.1 Å². The number of nitrogens with zero attached hydrogens (tertiary/aromatic N) is 1. The highest BCUT2D eigenvalue weighted by Gasteiger charge is 2.31. The molecule has 2 rings (SSSR count). The third-order valence-electron chi connectivity index (χ3n) is 3.71. The molecule has 0 atom stereocenters. The minimum Gasteiger partial charge on any atom is -0.444 e. The van der Waals surface area contributed by atoms with Gasteiger partial charge in [0.25, 0.3) is 0 Å². The van der Waals surface area contributed by atoms with Crippen LogP contribution in [0.3, 0.4) is 0 Å². The van der Waals surface area contributed by atoms with Gasteiger partial charge in [-0.2, -0.15) is 0 Å². The number of amides is 2. The molecule has 0 radical (unpaired) electrons. The van der Waals surface area contributed by atoms with Gasteiger partial charge in [-0.25, -0.2) is 4.79 Å². The second-order valence-corrected chi connectivity index (χ2v) is 7.36. The molecule has 0 aliphatic heterocycles. The van der Waals surface area contributed by atoms with E-state index in [-0.39, 0.29) is 5.91 Å². The standard InChI is InChI=1S/C16H28N2O3/c1-16(2,3)21-15(20)17-9-8-14(19)18(10-12-4-5-12)11-13-6-7-13/h12-13H,4-11H2,1-3H3,(H,17,20). The molecular formula is C16H28N2O3. The molecule has 2 amide bonds. The lowest BCUT2D eigenvalue weighted by molar-refractivity contribution is -0.131. The van der Waals surface area contributed by atoms with Crippen LogP contribution in [0.25, 0.3) is 0 Å². The van der Waals surface area contributed by atoms with Gasteiger partial charge in [0.1, 0.15) is 5.60 Å². The zero-order chi connectivity index (χ0) is 15.5. The lowest BCUT2D eigenvalue weighted by Gasteiger charge is -2.23. The summed E-state index contributed by atoms with van der Waals surface area (Å²) in [5.74, 6) is 1.59. The molecule has 0 aromatic carbocycles. The molecule has 1 N–H and O–H groups in total. The summed E-state index contributed by atoms with van der Waals surface area (Å²) in [7, 11) is 0. The van der Waals surface area contributed by atoms with Crippen molar-refractivity contribution in [2.24, 2.45) is 11.8 Å². The van der Waals surface area contributed by atoms with Crippen molar-refractivity contribution < 1.29 is 14.3 Å². The Morgan fingerprint density at radius 3 is 2.05 bits per heavy atom. The van der Waals surface area contributed by atoms with E-state index in [0.29, 0.717) is 24.8 Å². The Morgan fingerprint density at radius 1 is 1.10 bits per heavy atom. The number of alkyl carbamates (subject to hydrolysis) is 1. The van der Waals surface area contributed by atoms with Gasteiger partial charge < -0.3 is 15.0 Å². The zero-order valence-corrected chi connectivity index (χ0v) is 13.5. The highest BCUT2D eigenvalue weighted by atomic mass is 16.6. The summed E-state index contributed by atoms with van der Waals surface area (Å²) < 4.78 is 5.15. The van der Waals surface area contributed by atoms with Gasteiger partial charge in [-0.05, 0) is 58.3 Å². The van der Waals surface area contributed by atoms with Gasteiger partial charge in [-0.15, -0.1) is 0 Å². The van der Waals surface area contributed by atoms with Crippen molar-refractivity contribution in [3.8, 4) is 0 Å². The van der Waals surface area contributed by atoms with Crippen LogP contribution in [0.2, 0.25) is 0 Å². The summed E-state index contributed by atoms with van der Waals surface area (Å²) in [5.41, 5.74) is -0.502. The first-order valence-electron chi connectivity index (χ1n) is 8.08. The maximum atomic E-state index is 12.3. The lowest BCUT2D eigenvalue weighted by Crippen LogP contribution is -2.38. The Labute approximate surface area is 127 Å². The minimum atomic E-state index is -0.502. The van der Waals surface area contributed by atoms with Crippen molar-refractivity contribution in [2.75, 3.05) is 19.6 Å². The molecule has 0 heterocycles. The van der Waals surface area contributed by atoms with E-state index >= 15 is 0 Å². The third kappa shape index (κ3) is 6.82. The lowest BCUT2D eigenvalue weighted by atomic mass is 10.2. The van der Waals surface area contributed by atoms with Crippen molar-refractivity contribution in [2.45, 2.75) is 58.5 Å². The van der Waals surface area contributed by atoms with E-state index in [9.17, 15) is 9.59 Å². The Balaban J connectivity index is 1.67. The molecule has 5 nitrogen and oxygen atoms in total.